The Hall–Kier alpha value is -3.78. The largest absolute Gasteiger partial charge is 0.495 e. The lowest BCUT2D eigenvalue weighted by molar-refractivity contribution is -0.116. The molecule has 0 unspecified atom stereocenters. The van der Waals surface area contributed by atoms with Gasteiger partial charge in [0.05, 0.1) is 24.1 Å². The molecule has 0 radical (unpaired) electrons. The molecule has 0 aromatic heterocycles. The standard InChI is InChI=1S/C26H25N3O4S/c1-17(30)27-21-15-19(11-12-23(21)33-2)28-26(32)20-8-4-6-10-24(20)34-16-25(31)29-14-13-18-7-3-5-9-22(18)29/h3-12,15H,13-14,16H2,1-2H3,(H,27,30)(H,28,32). The quantitative estimate of drug-likeness (QED) is 0.488. The van der Waals surface area contributed by atoms with Gasteiger partial charge in [-0.2, -0.15) is 0 Å². The number of methoxy groups -OCH3 is 1. The molecule has 0 bridgehead atoms. The van der Waals surface area contributed by atoms with Crippen LogP contribution in [0.2, 0.25) is 0 Å². The SMILES string of the molecule is COc1ccc(NC(=O)c2ccccc2SCC(=O)N2CCc3ccccc32)cc1NC(C)=O. The van der Waals surface area contributed by atoms with Crippen molar-refractivity contribution in [2.24, 2.45) is 0 Å². The van der Waals surface area contributed by atoms with E-state index in [1.54, 1.807) is 30.3 Å². The van der Waals surface area contributed by atoms with Gasteiger partial charge in [-0.3, -0.25) is 14.4 Å². The van der Waals surface area contributed by atoms with Gasteiger partial charge in [0.15, 0.2) is 0 Å². The van der Waals surface area contributed by atoms with Crippen LogP contribution in [-0.2, 0) is 16.0 Å². The van der Waals surface area contributed by atoms with E-state index in [1.807, 2.05) is 41.3 Å². The minimum Gasteiger partial charge on any atom is -0.495 e. The van der Waals surface area contributed by atoms with Crippen LogP contribution in [0.1, 0.15) is 22.8 Å². The van der Waals surface area contributed by atoms with Crippen molar-refractivity contribution in [1.82, 2.24) is 0 Å². The fourth-order valence-corrected chi connectivity index (χ4v) is 4.79. The normalized spacial score (nSPS) is 12.1. The number of nitrogens with zero attached hydrogens (tertiary/aromatic N) is 1. The summed E-state index contributed by atoms with van der Waals surface area (Å²) in [6.45, 7) is 2.08. The summed E-state index contributed by atoms with van der Waals surface area (Å²) >= 11 is 1.34. The second kappa shape index (κ2) is 10.4. The Morgan fingerprint density at radius 1 is 1.00 bits per heavy atom. The van der Waals surface area contributed by atoms with Gasteiger partial charge in [0.1, 0.15) is 5.75 Å². The van der Waals surface area contributed by atoms with Crippen molar-refractivity contribution >= 4 is 46.5 Å². The molecule has 3 aromatic rings. The molecular formula is C26H25N3O4S. The first kappa shape index (κ1) is 23.4. The van der Waals surface area contributed by atoms with Gasteiger partial charge in [0.25, 0.3) is 5.91 Å². The molecular weight excluding hydrogens is 450 g/mol. The van der Waals surface area contributed by atoms with Gasteiger partial charge in [-0.05, 0) is 48.4 Å². The molecule has 1 heterocycles. The average molecular weight is 476 g/mol. The molecule has 0 atom stereocenters. The maximum absolute atomic E-state index is 13.0. The van der Waals surface area contributed by atoms with E-state index in [1.165, 1.54) is 31.4 Å². The zero-order valence-electron chi connectivity index (χ0n) is 19.0. The molecule has 34 heavy (non-hydrogen) atoms. The molecule has 7 nitrogen and oxygen atoms in total. The Morgan fingerprint density at radius 3 is 2.56 bits per heavy atom. The molecule has 0 aliphatic carbocycles. The Kier molecular flexibility index (Phi) is 7.18. The first-order chi connectivity index (χ1) is 16.5. The minimum absolute atomic E-state index is 0.0141. The zero-order valence-corrected chi connectivity index (χ0v) is 19.8. The molecule has 3 aromatic carbocycles. The van der Waals surface area contributed by atoms with E-state index >= 15 is 0 Å². The number of benzene rings is 3. The lowest BCUT2D eigenvalue weighted by Gasteiger charge is -2.17. The zero-order chi connectivity index (χ0) is 24.1. The molecule has 8 heteroatoms. The number of para-hydroxylation sites is 1. The van der Waals surface area contributed by atoms with Gasteiger partial charge in [-0.25, -0.2) is 0 Å². The number of hydrogen-bond donors (Lipinski definition) is 2. The molecule has 4 rings (SSSR count). The number of rotatable bonds is 7. The third kappa shape index (κ3) is 5.23. The molecule has 1 aliphatic rings. The lowest BCUT2D eigenvalue weighted by atomic mass is 10.2. The van der Waals surface area contributed by atoms with E-state index in [2.05, 4.69) is 10.6 Å². The maximum atomic E-state index is 13.0. The lowest BCUT2D eigenvalue weighted by Crippen LogP contribution is -2.30. The van der Waals surface area contributed by atoms with Crippen LogP contribution in [0.5, 0.6) is 5.75 Å². The van der Waals surface area contributed by atoms with Crippen LogP contribution in [0.3, 0.4) is 0 Å². The summed E-state index contributed by atoms with van der Waals surface area (Å²) in [7, 11) is 1.51. The smallest absolute Gasteiger partial charge is 0.256 e. The maximum Gasteiger partial charge on any atom is 0.256 e. The average Bonchev–Trinajstić information content (AvgIpc) is 3.27. The number of carbonyl (C=O) groups is 3. The van der Waals surface area contributed by atoms with Gasteiger partial charge in [0.2, 0.25) is 11.8 Å². The Balaban J connectivity index is 1.46. The molecule has 1 aliphatic heterocycles. The van der Waals surface area contributed by atoms with Crippen molar-refractivity contribution < 1.29 is 19.1 Å². The van der Waals surface area contributed by atoms with E-state index in [0.29, 0.717) is 29.2 Å². The summed E-state index contributed by atoms with van der Waals surface area (Å²) in [6, 6.07) is 20.1. The first-order valence-corrected chi connectivity index (χ1v) is 11.8. The van der Waals surface area contributed by atoms with Gasteiger partial charge in [-0.15, -0.1) is 11.8 Å². The highest BCUT2D eigenvalue weighted by Gasteiger charge is 2.24. The summed E-state index contributed by atoms with van der Waals surface area (Å²) in [5, 5.41) is 5.56. The number of anilines is 3. The highest BCUT2D eigenvalue weighted by Crippen LogP contribution is 2.31. The van der Waals surface area contributed by atoms with Crippen LogP contribution in [0, 0.1) is 0 Å². The van der Waals surface area contributed by atoms with E-state index < -0.39 is 0 Å². The summed E-state index contributed by atoms with van der Waals surface area (Å²) < 4.78 is 5.26. The molecule has 2 N–H and O–H groups in total. The highest BCUT2D eigenvalue weighted by atomic mass is 32.2. The number of ether oxygens (including phenoxy) is 1. The third-order valence-corrected chi connectivity index (χ3v) is 6.50. The van der Waals surface area contributed by atoms with Crippen LogP contribution in [0.4, 0.5) is 17.1 Å². The number of nitrogens with one attached hydrogen (secondary N) is 2. The predicted octanol–water partition coefficient (Wildman–Crippen LogP) is 4.59. The topological polar surface area (TPSA) is 87.7 Å². The number of hydrogen-bond acceptors (Lipinski definition) is 5. The Morgan fingerprint density at radius 2 is 1.76 bits per heavy atom. The molecule has 0 saturated heterocycles. The molecule has 0 spiro atoms. The number of amides is 3. The summed E-state index contributed by atoms with van der Waals surface area (Å²) in [5.41, 5.74) is 3.59. The van der Waals surface area contributed by atoms with Gasteiger partial charge >= 0.3 is 0 Å². The van der Waals surface area contributed by atoms with E-state index in [-0.39, 0.29) is 23.5 Å². The van der Waals surface area contributed by atoms with Crippen LogP contribution in [0.15, 0.2) is 71.6 Å². The van der Waals surface area contributed by atoms with Crippen LogP contribution >= 0.6 is 11.8 Å². The first-order valence-electron chi connectivity index (χ1n) is 10.8. The number of fused-ring (bicyclic) bond motifs is 1. The van der Waals surface area contributed by atoms with Gasteiger partial charge in [-0.1, -0.05) is 30.3 Å². The Bertz CT molecular complexity index is 1240. The van der Waals surface area contributed by atoms with E-state index in [9.17, 15) is 14.4 Å². The van der Waals surface area contributed by atoms with E-state index in [0.717, 1.165) is 17.0 Å². The summed E-state index contributed by atoms with van der Waals surface area (Å²) in [5.74, 6) is 0.189. The third-order valence-electron chi connectivity index (χ3n) is 5.44. The fraction of sp³-hybridized carbons (Fsp3) is 0.192. The van der Waals surface area contributed by atoms with Crippen molar-refractivity contribution in [2.75, 3.05) is 34.9 Å². The number of carbonyl (C=O) groups excluding carboxylic acids is 3. The summed E-state index contributed by atoms with van der Waals surface area (Å²) in [6.07, 6.45) is 0.855. The second-order valence-electron chi connectivity index (χ2n) is 7.76. The Labute approximate surface area is 202 Å². The summed E-state index contributed by atoms with van der Waals surface area (Å²) in [4.78, 5) is 40.0. The fourth-order valence-electron chi connectivity index (χ4n) is 3.87. The highest BCUT2D eigenvalue weighted by molar-refractivity contribution is 8.00. The predicted molar refractivity (Wildman–Crippen MR) is 135 cm³/mol. The van der Waals surface area contributed by atoms with Crippen LogP contribution in [0.25, 0.3) is 0 Å². The molecule has 3 amide bonds. The minimum atomic E-state index is -0.305. The molecule has 0 fully saturated rings. The van der Waals surface area contributed by atoms with Crippen molar-refractivity contribution in [2.45, 2.75) is 18.2 Å². The van der Waals surface area contributed by atoms with E-state index in [4.69, 9.17) is 4.74 Å². The van der Waals surface area contributed by atoms with Crippen LogP contribution < -0.4 is 20.3 Å². The van der Waals surface area contributed by atoms with Gasteiger partial charge in [0, 0.05) is 29.7 Å². The van der Waals surface area contributed by atoms with Gasteiger partial charge < -0.3 is 20.3 Å². The monoisotopic (exact) mass is 475 g/mol. The van der Waals surface area contributed by atoms with Crippen molar-refractivity contribution in [3.8, 4) is 5.75 Å². The van der Waals surface area contributed by atoms with Crippen molar-refractivity contribution in [1.29, 1.82) is 0 Å². The molecule has 0 saturated carbocycles. The van der Waals surface area contributed by atoms with Crippen molar-refractivity contribution in [3.63, 3.8) is 0 Å². The van der Waals surface area contributed by atoms with Crippen LogP contribution in [-0.4, -0.2) is 37.1 Å². The van der Waals surface area contributed by atoms with Crippen molar-refractivity contribution in [3.05, 3.63) is 77.9 Å². The second-order valence-corrected chi connectivity index (χ2v) is 8.78. The number of thioether (sulfide) groups is 1. The molecule has 174 valence electrons.